The molecule has 18 heavy (non-hydrogen) atoms. The Labute approximate surface area is 108 Å². The lowest BCUT2D eigenvalue weighted by molar-refractivity contribution is -0.142. The van der Waals surface area contributed by atoms with Gasteiger partial charge in [-0.2, -0.15) is 0 Å². The second-order valence-electron chi connectivity index (χ2n) is 3.80. The SMILES string of the molecule is COCCCC(=O)N(CCOC)CCC(=O)OC. The van der Waals surface area contributed by atoms with Gasteiger partial charge < -0.3 is 19.1 Å². The smallest absolute Gasteiger partial charge is 0.307 e. The molecule has 0 spiro atoms. The van der Waals surface area contributed by atoms with Crippen molar-refractivity contribution in [1.29, 1.82) is 0 Å². The molecular formula is C12H23NO5. The first-order valence-electron chi connectivity index (χ1n) is 5.98. The maximum absolute atomic E-state index is 11.9. The lowest BCUT2D eigenvalue weighted by atomic mass is 10.2. The second kappa shape index (κ2) is 11.0. The van der Waals surface area contributed by atoms with E-state index < -0.39 is 0 Å². The fourth-order valence-electron chi connectivity index (χ4n) is 1.42. The molecule has 0 aromatic carbocycles. The van der Waals surface area contributed by atoms with Crippen molar-refractivity contribution in [3.8, 4) is 0 Å². The number of rotatable bonds is 10. The Kier molecular flexibility index (Phi) is 10.3. The summed E-state index contributed by atoms with van der Waals surface area (Å²) in [6.45, 7) is 1.86. The fourth-order valence-corrected chi connectivity index (χ4v) is 1.42. The summed E-state index contributed by atoms with van der Waals surface area (Å²) in [7, 11) is 4.51. The van der Waals surface area contributed by atoms with E-state index in [4.69, 9.17) is 9.47 Å². The van der Waals surface area contributed by atoms with Crippen LogP contribution >= 0.6 is 0 Å². The number of esters is 1. The van der Waals surface area contributed by atoms with Crippen LogP contribution in [0, 0.1) is 0 Å². The summed E-state index contributed by atoms with van der Waals surface area (Å²) in [5.74, 6) is -0.310. The first-order chi connectivity index (χ1) is 8.65. The normalized spacial score (nSPS) is 10.2. The van der Waals surface area contributed by atoms with E-state index in [0.29, 0.717) is 39.1 Å². The molecule has 0 bridgehead atoms. The summed E-state index contributed by atoms with van der Waals surface area (Å²) >= 11 is 0. The van der Waals surface area contributed by atoms with Crippen LogP contribution in [0.4, 0.5) is 0 Å². The Balaban J connectivity index is 4.10. The average molecular weight is 261 g/mol. The Morgan fingerprint density at radius 3 is 2.17 bits per heavy atom. The minimum absolute atomic E-state index is 0.00741. The molecule has 0 aliphatic carbocycles. The molecule has 0 aliphatic heterocycles. The number of ether oxygens (including phenoxy) is 3. The molecule has 0 saturated heterocycles. The summed E-state index contributed by atoms with van der Waals surface area (Å²) in [4.78, 5) is 24.6. The molecule has 6 nitrogen and oxygen atoms in total. The van der Waals surface area contributed by atoms with Gasteiger partial charge in [0, 0.05) is 40.3 Å². The summed E-state index contributed by atoms with van der Waals surface area (Å²) in [5.41, 5.74) is 0. The zero-order chi connectivity index (χ0) is 13.8. The van der Waals surface area contributed by atoms with Crippen molar-refractivity contribution in [2.45, 2.75) is 19.3 Å². The zero-order valence-corrected chi connectivity index (χ0v) is 11.4. The molecule has 106 valence electrons. The molecule has 0 saturated carbocycles. The molecule has 0 aromatic heterocycles. The minimum Gasteiger partial charge on any atom is -0.469 e. The number of nitrogens with zero attached hydrogens (tertiary/aromatic N) is 1. The molecule has 0 rings (SSSR count). The largest absolute Gasteiger partial charge is 0.469 e. The van der Waals surface area contributed by atoms with E-state index in [0.717, 1.165) is 0 Å². The molecule has 0 N–H and O–H groups in total. The summed E-state index contributed by atoms with van der Waals surface area (Å²) in [6.07, 6.45) is 1.30. The zero-order valence-electron chi connectivity index (χ0n) is 11.4. The van der Waals surface area contributed by atoms with Crippen molar-refractivity contribution in [2.75, 3.05) is 47.6 Å². The van der Waals surface area contributed by atoms with Gasteiger partial charge in [0.1, 0.15) is 0 Å². The summed E-state index contributed by atoms with van der Waals surface area (Å²) in [6, 6.07) is 0. The van der Waals surface area contributed by atoms with Crippen LogP contribution in [-0.4, -0.2) is 64.4 Å². The highest BCUT2D eigenvalue weighted by atomic mass is 16.5. The first kappa shape index (κ1) is 16.9. The molecule has 6 heteroatoms. The standard InChI is InChI=1S/C12H23NO5/c1-16-9-4-5-11(14)13(8-10-17-2)7-6-12(15)18-3/h4-10H2,1-3H3. The molecule has 1 amide bonds. The van der Waals surface area contributed by atoms with Crippen LogP contribution < -0.4 is 0 Å². The van der Waals surface area contributed by atoms with Crippen LogP contribution in [0.25, 0.3) is 0 Å². The van der Waals surface area contributed by atoms with Crippen LogP contribution in [0.5, 0.6) is 0 Å². The molecule has 0 radical (unpaired) electrons. The van der Waals surface area contributed by atoms with Crippen molar-refractivity contribution in [3.05, 3.63) is 0 Å². The van der Waals surface area contributed by atoms with E-state index in [1.807, 2.05) is 0 Å². The quantitative estimate of drug-likeness (QED) is 0.422. The van der Waals surface area contributed by atoms with Crippen LogP contribution in [0.3, 0.4) is 0 Å². The second-order valence-corrected chi connectivity index (χ2v) is 3.80. The molecule has 0 aromatic rings. The molecule has 0 atom stereocenters. The van der Waals surface area contributed by atoms with E-state index in [2.05, 4.69) is 4.74 Å². The van der Waals surface area contributed by atoms with Gasteiger partial charge >= 0.3 is 5.97 Å². The van der Waals surface area contributed by atoms with E-state index in [-0.39, 0.29) is 18.3 Å². The van der Waals surface area contributed by atoms with E-state index >= 15 is 0 Å². The predicted octanol–water partition coefficient (Wildman–Crippen LogP) is 0.451. The van der Waals surface area contributed by atoms with Crippen LogP contribution in [0.2, 0.25) is 0 Å². The Morgan fingerprint density at radius 2 is 1.61 bits per heavy atom. The highest BCUT2D eigenvalue weighted by Gasteiger charge is 2.14. The fraction of sp³-hybridized carbons (Fsp3) is 0.833. The van der Waals surface area contributed by atoms with Gasteiger partial charge in [0.2, 0.25) is 5.91 Å². The van der Waals surface area contributed by atoms with Gasteiger partial charge in [0.25, 0.3) is 0 Å². The number of hydrogen-bond acceptors (Lipinski definition) is 5. The van der Waals surface area contributed by atoms with E-state index in [1.54, 1.807) is 19.1 Å². The molecule has 0 aliphatic rings. The molecule has 0 unspecified atom stereocenters. The Morgan fingerprint density at radius 1 is 0.944 bits per heavy atom. The number of carbonyl (C=O) groups excluding carboxylic acids is 2. The highest BCUT2D eigenvalue weighted by Crippen LogP contribution is 2.01. The van der Waals surface area contributed by atoms with Crippen molar-refractivity contribution < 1.29 is 23.8 Å². The monoisotopic (exact) mass is 261 g/mol. The number of methoxy groups -OCH3 is 3. The van der Waals surface area contributed by atoms with Crippen molar-refractivity contribution >= 4 is 11.9 Å². The number of amides is 1. The molecular weight excluding hydrogens is 238 g/mol. The molecule has 0 fully saturated rings. The Bertz CT molecular complexity index is 245. The van der Waals surface area contributed by atoms with Gasteiger partial charge in [0.05, 0.1) is 20.1 Å². The third-order valence-electron chi connectivity index (χ3n) is 2.47. The highest BCUT2D eigenvalue weighted by molar-refractivity contribution is 5.77. The lowest BCUT2D eigenvalue weighted by Crippen LogP contribution is -2.35. The van der Waals surface area contributed by atoms with Gasteiger partial charge in [-0.25, -0.2) is 0 Å². The van der Waals surface area contributed by atoms with Gasteiger partial charge in [-0.1, -0.05) is 0 Å². The Hall–Kier alpha value is -1.14. The van der Waals surface area contributed by atoms with Crippen LogP contribution in [0.15, 0.2) is 0 Å². The van der Waals surface area contributed by atoms with Crippen LogP contribution in [-0.2, 0) is 23.8 Å². The summed E-state index contributed by atoms with van der Waals surface area (Å²) < 4.78 is 14.4. The third-order valence-corrected chi connectivity index (χ3v) is 2.47. The van der Waals surface area contributed by atoms with Gasteiger partial charge in [0.15, 0.2) is 0 Å². The van der Waals surface area contributed by atoms with E-state index in [9.17, 15) is 9.59 Å². The number of carbonyl (C=O) groups is 2. The van der Waals surface area contributed by atoms with Gasteiger partial charge in [-0.3, -0.25) is 9.59 Å². The van der Waals surface area contributed by atoms with Crippen molar-refractivity contribution in [2.24, 2.45) is 0 Å². The average Bonchev–Trinajstić information content (AvgIpc) is 2.38. The van der Waals surface area contributed by atoms with Crippen molar-refractivity contribution in [3.63, 3.8) is 0 Å². The maximum Gasteiger partial charge on any atom is 0.307 e. The maximum atomic E-state index is 11.9. The third kappa shape index (κ3) is 8.03. The van der Waals surface area contributed by atoms with Crippen molar-refractivity contribution in [1.82, 2.24) is 4.90 Å². The summed E-state index contributed by atoms with van der Waals surface area (Å²) in [5, 5.41) is 0. The first-order valence-corrected chi connectivity index (χ1v) is 5.98. The molecule has 0 heterocycles. The van der Waals surface area contributed by atoms with Gasteiger partial charge in [-0.05, 0) is 6.42 Å². The predicted molar refractivity (Wildman–Crippen MR) is 66.2 cm³/mol. The van der Waals surface area contributed by atoms with E-state index in [1.165, 1.54) is 7.11 Å². The van der Waals surface area contributed by atoms with Crippen LogP contribution in [0.1, 0.15) is 19.3 Å². The van der Waals surface area contributed by atoms with Gasteiger partial charge in [-0.15, -0.1) is 0 Å². The minimum atomic E-state index is -0.317. The lowest BCUT2D eigenvalue weighted by Gasteiger charge is -2.21. The number of hydrogen-bond donors (Lipinski definition) is 0. The topological polar surface area (TPSA) is 65.1 Å².